The summed E-state index contributed by atoms with van der Waals surface area (Å²) in [5.74, 6) is -0.200. The molecule has 0 N–H and O–H groups in total. The normalized spacial score (nSPS) is 18.2. The SMILES string of the molecule is CC(c1ccc(F)cc1)N1CCN(S(=O)(=O)Cc2ccccc2)CC1. The molecule has 0 aliphatic carbocycles. The standard InChI is InChI=1S/C19H23FN2O2S/c1-16(18-7-9-19(20)10-8-18)21-11-13-22(14-12-21)25(23,24)15-17-5-3-2-4-6-17/h2-10,16H,11-15H2,1H3. The Morgan fingerprint density at radius 1 is 0.960 bits per heavy atom. The molecule has 134 valence electrons. The maximum absolute atomic E-state index is 13.1. The molecular weight excluding hydrogens is 339 g/mol. The number of piperazine rings is 1. The number of nitrogens with zero attached hydrogens (tertiary/aromatic N) is 2. The summed E-state index contributed by atoms with van der Waals surface area (Å²) in [7, 11) is -3.30. The molecule has 2 aromatic carbocycles. The van der Waals surface area contributed by atoms with Crippen molar-refractivity contribution in [1.29, 1.82) is 0 Å². The summed E-state index contributed by atoms with van der Waals surface area (Å²) in [6, 6.07) is 15.9. The van der Waals surface area contributed by atoms with E-state index in [0.29, 0.717) is 26.2 Å². The molecule has 0 aromatic heterocycles. The molecule has 4 nitrogen and oxygen atoms in total. The highest BCUT2D eigenvalue weighted by Crippen LogP contribution is 2.23. The van der Waals surface area contributed by atoms with E-state index >= 15 is 0 Å². The molecule has 0 saturated carbocycles. The molecule has 2 aromatic rings. The van der Waals surface area contributed by atoms with Gasteiger partial charge in [-0.25, -0.2) is 12.8 Å². The summed E-state index contributed by atoms with van der Waals surface area (Å²) in [6.45, 7) is 4.39. The van der Waals surface area contributed by atoms with Gasteiger partial charge in [-0.1, -0.05) is 42.5 Å². The van der Waals surface area contributed by atoms with Crippen LogP contribution in [-0.2, 0) is 15.8 Å². The molecule has 1 saturated heterocycles. The van der Waals surface area contributed by atoms with E-state index in [1.54, 1.807) is 16.4 Å². The smallest absolute Gasteiger partial charge is 0.218 e. The molecule has 1 unspecified atom stereocenters. The Labute approximate surface area is 148 Å². The van der Waals surface area contributed by atoms with Crippen molar-refractivity contribution in [2.24, 2.45) is 0 Å². The lowest BCUT2D eigenvalue weighted by Gasteiger charge is -2.37. The van der Waals surface area contributed by atoms with Crippen molar-refractivity contribution in [1.82, 2.24) is 9.21 Å². The largest absolute Gasteiger partial charge is 0.294 e. The lowest BCUT2D eigenvalue weighted by molar-refractivity contribution is 0.145. The quantitative estimate of drug-likeness (QED) is 0.821. The molecule has 25 heavy (non-hydrogen) atoms. The Morgan fingerprint density at radius 3 is 2.16 bits per heavy atom. The molecule has 1 heterocycles. The Hall–Kier alpha value is -1.76. The summed E-state index contributed by atoms with van der Waals surface area (Å²) in [6.07, 6.45) is 0. The van der Waals surface area contributed by atoms with Gasteiger partial charge in [-0.3, -0.25) is 4.90 Å². The van der Waals surface area contributed by atoms with Gasteiger partial charge in [0.2, 0.25) is 10.0 Å². The van der Waals surface area contributed by atoms with E-state index in [4.69, 9.17) is 0 Å². The number of benzene rings is 2. The summed E-state index contributed by atoms with van der Waals surface area (Å²) in [5.41, 5.74) is 1.85. The first-order valence-electron chi connectivity index (χ1n) is 8.47. The molecule has 0 radical (unpaired) electrons. The van der Waals surface area contributed by atoms with Crippen LogP contribution in [0.25, 0.3) is 0 Å². The minimum Gasteiger partial charge on any atom is -0.294 e. The fraction of sp³-hybridized carbons (Fsp3) is 0.368. The van der Waals surface area contributed by atoms with Crippen LogP contribution in [0.4, 0.5) is 4.39 Å². The molecule has 0 bridgehead atoms. The highest BCUT2D eigenvalue weighted by atomic mass is 32.2. The van der Waals surface area contributed by atoms with Gasteiger partial charge >= 0.3 is 0 Å². The Bertz CT molecular complexity index is 786. The third-order valence-electron chi connectivity index (χ3n) is 4.76. The minimum atomic E-state index is -3.30. The van der Waals surface area contributed by atoms with Crippen molar-refractivity contribution >= 4 is 10.0 Å². The Morgan fingerprint density at radius 2 is 1.56 bits per heavy atom. The Kier molecular flexibility index (Phi) is 5.51. The molecule has 0 amide bonds. The van der Waals surface area contributed by atoms with E-state index in [2.05, 4.69) is 11.8 Å². The number of hydrogen-bond acceptors (Lipinski definition) is 3. The molecule has 3 rings (SSSR count). The second-order valence-electron chi connectivity index (χ2n) is 6.40. The number of hydrogen-bond donors (Lipinski definition) is 0. The second kappa shape index (κ2) is 7.64. The summed E-state index contributed by atoms with van der Waals surface area (Å²) >= 11 is 0. The lowest BCUT2D eigenvalue weighted by atomic mass is 10.1. The average molecular weight is 362 g/mol. The zero-order chi connectivity index (χ0) is 17.9. The molecule has 1 fully saturated rings. The second-order valence-corrected chi connectivity index (χ2v) is 8.37. The van der Waals surface area contributed by atoms with E-state index in [1.807, 2.05) is 30.3 Å². The van der Waals surface area contributed by atoms with Gasteiger partial charge in [-0.05, 0) is 30.2 Å². The van der Waals surface area contributed by atoms with Crippen LogP contribution >= 0.6 is 0 Å². The predicted octanol–water partition coefficient (Wildman–Crippen LogP) is 3.03. The van der Waals surface area contributed by atoms with Gasteiger partial charge in [-0.2, -0.15) is 4.31 Å². The molecule has 1 aliphatic rings. The van der Waals surface area contributed by atoms with Gasteiger partial charge in [0.25, 0.3) is 0 Å². The van der Waals surface area contributed by atoms with Crippen molar-refractivity contribution in [3.63, 3.8) is 0 Å². The topological polar surface area (TPSA) is 40.6 Å². The number of halogens is 1. The van der Waals surface area contributed by atoms with Crippen molar-refractivity contribution in [3.05, 3.63) is 71.5 Å². The van der Waals surface area contributed by atoms with Crippen LogP contribution in [0, 0.1) is 5.82 Å². The maximum Gasteiger partial charge on any atom is 0.218 e. The van der Waals surface area contributed by atoms with Crippen molar-refractivity contribution in [3.8, 4) is 0 Å². The van der Waals surface area contributed by atoms with E-state index < -0.39 is 10.0 Å². The summed E-state index contributed by atoms with van der Waals surface area (Å²) in [5, 5.41) is 0. The van der Waals surface area contributed by atoms with E-state index in [9.17, 15) is 12.8 Å². The molecular formula is C19H23FN2O2S. The third kappa shape index (κ3) is 4.45. The van der Waals surface area contributed by atoms with Crippen molar-refractivity contribution in [2.45, 2.75) is 18.7 Å². The van der Waals surface area contributed by atoms with Crippen LogP contribution in [0.1, 0.15) is 24.1 Å². The fourth-order valence-electron chi connectivity index (χ4n) is 3.20. The predicted molar refractivity (Wildman–Crippen MR) is 97.0 cm³/mol. The summed E-state index contributed by atoms with van der Waals surface area (Å²) < 4.78 is 39.9. The average Bonchev–Trinajstić information content (AvgIpc) is 2.62. The Balaban J connectivity index is 1.60. The lowest BCUT2D eigenvalue weighted by Crippen LogP contribution is -2.49. The van der Waals surface area contributed by atoms with Crippen LogP contribution in [0.3, 0.4) is 0 Å². The van der Waals surface area contributed by atoms with E-state index in [1.165, 1.54) is 12.1 Å². The highest BCUT2D eigenvalue weighted by Gasteiger charge is 2.29. The minimum absolute atomic E-state index is 0.0430. The van der Waals surface area contributed by atoms with Gasteiger partial charge < -0.3 is 0 Å². The monoisotopic (exact) mass is 362 g/mol. The van der Waals surface area contributed by atoms with Crippen molar-refractivity contribution in [2.75, 3.05) is 26.2 Å². The number of rotatable bonds is 5. The van der Waals surface area contributed by atoms with Gasteiger partial charge in [-0.15, -0.1) is 0 Å². The van der Waals surface area contributed by atoms with Crippen molar-refractivity contribution < 1.29 is 12.8 Å². The van der Waals surface area contributed by atoms with E-state index in [0.717, 1.165) is 11.1 Å². The van der Waals surface area contributed by atoms with Crippen LogP contribution in [-0.4, -0.2) is 43.8 Å². The van der Waals surface area contributed by atoms with Gasteiger partial charge in [0.15, 0.2) is 0 Å². The van der Waals surface area contributed by atoms with Gasteiger partial charge in [0.05, 0.1) is 5.75 Å². The molecule has 1 atom stereocenters. The van der Waals surface area contributed by atoms with E-state index in [-0.39, 0.29) is 17.6 Å². The van der Waals surface area contributed by atoms with Crippen LogP contribution < -0.4 is 0 Å². The molecule has 0 spiro atoms. The summed E-state index contributed by atoms with van der Waals surface area (Å²) in [4.78, 5) is 2.24. The first-order chi connectivity index (χ1) is 12.0. The van der Waals surface area contributed by atoms with Gasteiger partial charge in [0, 0.05) is 32.2 Å². The third-order valence-corrected chi connectivity index (χ3v) is 6.61. The first kappa shape index (κ1) is 18.0. The maximum atomic E-state index is 13.1. The fourth-order valence-corrected chi connectivity index (χ4v) is 4.71. The van der Waals surface area contributed by atoms with Crippen LogP contribution in [0.15, 0.2) is 54.6 Å². The first-order valence-corrected chi connectivity index (χ1v) is 10.1. The van der Waals surface area contributed by atoms with Crippen LogP contribution in [0.5, 0.6) is 0 Å². The molecule has 1 aliphatic heterocycles. The zero-order valence-electron chi connectivity index (χ0n) is 14.3. The van der Waals surface area contributed by atoms with Crippen LogP contribution in [0.2, 0.25) is 0 Å². The molecule has 6 heteroatoms. The highest BCUT2D eigenvalue weighted by molar-refractivity contribution is 7.88. The number of sulfonamides is 1. The zero-order valence-corrected chi connectivity index (χ0v) is 15.1. The van der Waals surface area contributed by atoms with Gasteiger partial charge in [0.1, 0.15) is 5.82 Å².